The molecule has 27 heavy (non-hydrogen) atoms. The summed E-state index contributed by atoms with van der Waals surface area (Å²) in [5, 5.41) is 15.3. The number of nitrogens with one attached hydrogen (secondary N) is 3. The van der Waals surface area contributed by atoms with E-state index >= 15 is 0 Å². The predicted molar refractivity (Wildman–Crippen MR) is 108 cm³/mol. The first kappa shape index (κ1) is 17.7. The van der Waals surface area contributed by atoms with Crippen LogP contribution in [0.4, 0.5) is 10.5 Å². The molecule has 7 heteroatoms. The molecule has 1 fully saturated rings. The molecule has 3 aromatic rings. The van der Waals surface area contributed by atoms with Crippen molar-refractivity contribution in [3.05, 3.63) is 52.5 Å². The van der Waals surface area contributed by atoms with Gasteiger partial charge in [-0.05, 0) is 54.5 Å². The summed E-state index contributed by atoms with van der Waals surface area (Å²) in [6.45, 7) is 4.21. The Morgan fingerprint density at radius 2 is 2.00 bits per heavy atom. The highest BCUT2D eigenvalue weighted by Gasteiger charge is 2.27. The zero-order valence-electron chi connectivity index (χ0n) is 15.4. The number of anilines is 1. The summed E-state index contributed by atoms with van der Waals surface area (Å²) in [6, 6.07) is 11.4. The van der Waals surface area contributed by atoms with Crippen LogP contribution in [0.1, 0.15) is 49.4 Å². The van der Waals surface area contributed by atoms with Gasteiger partial charge in [-0.1, -0.05) is 19.9 Å². The molecular formula is C20H23N5OS. The number of hydrogen-bond donors (Lipinski definition) is 3. The Balaban J connectivity index is 1.39. The second-order valence-corrected chi connectivity index (χ2v) is 8.21. The van der Waals surface area contributed by atoms with Crippen LogP contribution in [0, 0.1) is 5.92 Å². The van der Waals surface area contributed by atoms with Crippen molar-refractivity contribution in [3.63, 3.8) is 0 Å². The van der Waals surface area contributed by atoms with Crippen LogP contribution in [0.15, 0.2) is 41.8 Å². The molecule has 0 bridgehead atoms. The summed E-state index contributed by atoms with van der Waals surface area (Å²) in [7, 11) is 0. The Kier molecular flexibility index (Phi) is 4.94. The molecule has 1 unspecified atom stereocenters. The molecule has 140 valence electrons. The van der Waals surface area contributed by atoms with Crippen molar-refractivity contribution in [1.29, 1.82) is 0 Å². The lowest BCUT2D eigenvalue weighted by Crippen LogP contribution is -2.34. The Morgan fingerprint density at radius 3 is 2.63 bits per heavy atom. The molecule has 2 amide bonds. The summed E-state index contributed by atoms with van der Waals surface area (Å²) in [6.07, 6.45) is 2.38. The first-order chi connectivity index (χ1) is 13.1. The number of amides is 2. The fourth-order valence-corrected chi connectivity index (χ4v) is 3.94. The standard InChI is InChI=1S/C20H23N5OS/c1-12(2)17(16-4-3-11-27-16)22-20(26)21-15-9-7-14(8-10-15)19-23-18(24-25-19)13-5-6-13/h3-4,7-13,17H,5-6H2,1-2H3,(H2,21,22,26)(H,23,24,25). The topological polar surface area (TPSA) is 82.7 Å². The van der Waals surface area contributed by atoms with Crippen molar-refractivity contribution in [2.75, 3.05) is 5.32 Å². The lowest BCUT2D eigenvalue weighted by molar-refractivity contribution is 0.245. The van der Waals surface area contributed by atoms with Crippen LogP contribution < -0.4 is 10.6 Å². The SMILES string of the molecule is CC(C)C(NC(=O)Nc1ccc(-c2n[nH]c(C3CC3)n2)cc1)c1cccs1. The summed E-state index contributed by atoms with van der Waals surface area (Å²) in [5.41, 5.74) is 1.67. The normalized spacial score (nSPS) is 14.9. The highest BCUT2D eigenvalue weighted by Crippen LogP contribution is 2.38. The van der Waals surface area contributed by atoms with Crippen LogP contribution in [0.25, 0.3) is 11.4 Å². The van der Waals surface area contributed by atoms with E-state index in [0.29, 0.717) is 17.7 Å². The largest absolute Gasteiger partial charge is 0.330 e. The van der Waals surface area contributed by atoms with Crippen LogP contribution in [-0.2, 0) is 0 Å². The lowest BCUT2D eigenvalue weighted by Gasteiger charge is -2.21. The van der Waals surface area contributed by atoms with Gasteiger partial charge in [-0.2, -0.15) is 5.10 Å². The Hall–Kier alpha value is -2.67. The second-order valence-electron chi connectivity index (χ2n) is 7.23. The molecule has 1 aromatic carbocycles. The van der Waals surface area contributed by atoms with E-state index in [1.807, 2.05) is 35.7 Å². The number of aromatic nitrogens is 3. The Morgan fingerprint density at radius 1 is 1.22 bits per heavy atom. The average Bonchev–Trinajstić information content (AvgIpc) is 3.16. The number of nitrogens with zero attached hydrogens (tertiary/aromatic N) is 2. The third kappa shape index (κ3) is 4.19. The van der Waals surface area contributed by atoms with Crippen molar-refractivity contribution < 1.29 is 4.79 Å². The number of carbonyl (C=O) groups excluding carboxylic acids is 1. The van der Waals surface area contributed by atoms with E-state index < -0.39 is 0 Å². The van der Waals surface area contributed by atoms with Crippen molar-refractivity contribution in [3.8, 4) is 11.4 Å². The fourth-order valence-electron chi connectivity index (χ4n) is 2.99. The van der Waals surface area contributed by atoms with Gasteiger partial charge in [0.15, 0.2) is 5.82 Å². The van der Waals surface area contributed by atoms with Gasteiger partial charge >= 0.3 is 6.03 Å². The first-order valence-electron chi connectivity index (χ1n) is 9.24. The van der Waals surface area contributed by atoms with E-state index in [2.05, 4.69) is 45.7 Å². The third-order valence-electron chi connectivity index (χ3n) is 4.67. The van der Waals surface area contributed by atoms with Crippen LogP contribution in [0.5, 0.6) is 0 Å². The number of H-pyrrole nitrogens is 1. The quantitative estimate of drug-likeness (QED) is 0.566. The van der Waals surface area contributed by atoms with Crippen LogP contribution >= 0.6 is 11.3 Å². The molecule has 6 nitrogen and oxygen atoms in total. The van der Waals surface area contributed by atoms with Gasteiger partial charge in [0.25, 0.3) is 0 Å². The van der Waals surface area contributed by atoms with Gasteiger partial charge in [-0.25, -0.2) is 9.78 Å². The van der Waals surface area contributed by atoms with E-state index in [1.165, 1.54) is 12.8 Å². The Bertz CT molecular complexity index is 897. The molecular weight excluding hydrogens is 358 g/mol. The molecule has 1 aliphatic carbocycles. The Labute approximate surface area is 162 Å². The molecule has 0 saturated heterocycles. The van der Waals surface area contributed by atoms with Crippen LogP contribution in [0.3, 0.4) is 0 Å². The molecule has 0 spiro atoms. The van der Waals surface area contributed by atoms with Gasteiger partial charge in [0, 0.05) is 22.0 Å². The number of aromatic amines is 1. The maximum atomic E-state index is 12.4. The molecule has 0 aliphatic heterocycles. The molecule has 0 radical (unpaired) electrons. The number of rotatable bonds is 6. The van der Waals surface area contributed by atoms with Crippen molar-refractivity contribution in [2.24, 2.45) is 5.92 Å². The van der Waals surface area contributed by atoms with Gasteiger partial charge in [0.1, 0.15) is 5.82 Å². The molecule has 1 atom stereocenters. The lowest BCUT2D eigenvalue weighted by atomic mass is 10.0. The van der Waals surface area contributed by atoms with Crippen molar-refractivity contribution in [1.82, 2.24) is 20.5 Å². The summed E-state index contributed by atoms with van der Waals surface area (Å²) in [5.74, 6) is 2.53. The monoisotopic (exact) mass is 381 g/mol. The van der Waals surface area contributed by atoms with E-state index in [9.17, 15) is 4.79 Å². The molecule has 1 aliphatic rings. The summed E-state index contributed by atoms with van der Waals surface area (Å²) < 4.78 is 0. The highest BCUT2D eigenvalue weighted by atomic mass is 32.1. The smallest absolute Gasteiger partial charge is 0.319 e. The zero-order chi connectivity index (χ0) is 18.8. The van der Waals surface area contributed by atoms with E-state index in [0.717, 1.165) is 22.0 Å². The minimum absolute atomic E-state index is 0.00151. The van der Waals surface area contributed by atoms with Crippen LogP contribution in [0.2, 0.25) is 0 Å². The maximum absolute atomic E-state index is 12.4. The summed E-state index contributed by atoms with van der Waals surface area (Å²) >= 11 is 1.66. The number of urea groups is 1. The number of benzene rings is 1. The van der Waals surface area contributed by atoms with E-state index in [-0.39, 0.29) is 12.1 Å². The van der Waals surface area contributed by atoms with Gasteiger partial charge < -0.3 is 10.6 Å². The third-order valence-corrected chi connectivity index (χ3v) is 5.63. The van der Waals surface area contributed by atoms with Gasteiger partial charge in [-0.15, -0.1) is 11.3 Å². The maximum Gasteiger partial charge on any atom is 0.319 e. The summed E-state index contributed by atoms with van der Waals surface area (Å²) in [4.78, 5) is 18.1. The minimum Gasteiger partial charge on any atom is -0.330 e. The van der Waals surface area contributed by atoms with Crippen LogP contribution in [-0.4, -0.2) is 21.2 Å². The highest BCUT2D eigenvalue weighted by molar-refractivity contribution is 7.10. The average molecular weight is 382 g/mol. The molecule has 3 N–H and O–H groups in total. The number of carbonyl (C=O) groups is 1. The van der Waals surface area contributed by atoms with Gasteiger partial charge in [0.2, 0.25) is 0 Å². The minimum atomic E-state index is -0.205. The molecule has 1 saturated carbocycles. The van der Waals surface area contributed by atoms with Crippen molar-refractivity contribution >= 4 is 23.1 Å². The van der Waals surface area contributed by atoms with Crippen molar-refractivity contribution in [2.45, 2.75) is 38.6 Å². The predicted octanol–water partition coefficient (Wildman–Crippen LogP) is 4.93. The molecule has 2 heterocycles. The first-order valence-corrected chi connectivity index (χ1v) is 10.1. The zero-order valence-corrected chi connectivity index (χ0v) is 16.2. The van der Waals surface area contributed by atoms with Gasteiger partial charge in [-0.3, -0.25) is 5.10 Å². The number of thiophene rings is 1. The van der Waals surface area contributed by atoms with E-state index in [1.54, 1.807) is 11.3 Å². The van der Waals surface area contributed by atoms with Gasteiger partial charge in [0.05, 0.1) is 6.04 Å². The molecule has 4 rings (SSSR count). The molecule has 2 aromatic heterocycles. The second kappa shape index (κ2) is 7.52. The number of hydrogen-bond acceptors (Lipinski definition) is 4. The fraction of sp³-hybridized carbons (Fsp3) is 0.350. The van der Waals surface area contributed by atoms with E-state index in [4.69, 9.17) is 0 Å².